The summed E-state index contributed by atoms with van der Waals surface area (Å²) < 4.78 is 46.4. The Hall–Kier alpha value is -1.27. The third-order valence-electron chi connectivity index (χ3n) is 3.79. The minimum Gasteiger partial charge on any atom is -0.405 e. The molecular weight excluding hydrogens is 283 g/mol. The van der Waals surface area contributed by atoms with Gasteiger partial charge in [0.25, 0.3) is 0 Å². The zero-order chi connectivity index (χ0) is 15.3. The second kappa shape index (κ2) is 7.13. The van der Waals surface area contributed by atoms with Crippen LogP contribution in [0.3, 0.4) is 0 Å². The summed E-state index contributed by atoms with van der Waals surface area (Å²) in [6, 6.07) is 6.45. The van der Waals surface area contributed by atoms with Crippen molar-refractivity contribution < 1.29 is 22.6 Å². The van der Waals surface area contributed by atoms with Crippen LogP contribution in [0.15, 0.2) is 24.3 Å². The molecule has 1 saturated heterocycles. The molecule has 21 heavy (non-hydrogen) atoms. The fourth-order valence-corrected chi connectivity index (χ4v) is 2.53. The molecule has 1 aliphatic rings. The van der Waals surface area contributed by atoms with Crippen molar-refractivity contribution in [1.29, 1.82) is 0 Å². The molecule has 0 radical (unpaired) electrons. The van der Waals surface area contributed by atoms with Gasteiger partial charge in [0.15, 0.2) is 0 Å². The molecule has 0 spiro atoms. The van der Waals surface area contributed by atoms with E-state index in [2.05, 4.69) is 17.0 Å². The number of hydrogen-bond acceptors (Lipinski definition) is 3. The average Bonchev–Trinajstić information content (AvgIpc) is 2.45. The maximum Gasteiger partial charge on any atom is 0.573 e. The second-order valence-electron chi connectivity index (χ2n) is 5.27. The van der Waals surface area contributed by atoms with Gasteiger partial charge >= 0.3 is 6.36 Å². The van der Waals surface area contributed by atoms with Crippen molar-refractivity contribution in [3.63, 3.8) is 0 Å². The Kier molecular flexibility index (Phi) is 5.47. The summed E-state index contributed by atoms with van der Waals surface area (Å²) in [5.41, 5.74) is 0.508. The van der Waals surface area contributed by atoms with E-state index in [0.29, 0.717) is 18.0 Å². The predicted molar refractivity (Wildman–Crippen MR) is 73.0 cm³/mol. The molecule has 1 N–H and O–H groups in total. The van der Waals surface area contributed by atoms with E-state index in [1.54, 1.807) is 12.1 Å². The first-order valence-corrected chi connectivity index (χ1v) is 7.10. The van der Waals surface area contributed by atoms with Crippen LogP contribution in [0.1, 0.15) is 25.3 Å². The molecule has 1 atom stereocenters. The molecule has 2 rings (SSSR count). The fourth-order valence-electron chi connectivity index (χ4n) is 2.53. The van der Waals surface area contributed by atoms with Crippen LogP contribution in [0.5, 0.6) is 5.75 Å². The van der Waals surface area contributed by atoms with Crippen molar-refractivity contribution in [2.45, 2.75) is 38.7 Å². The Morgan fingerprint density at radius 3 is 2.62 bits per heavy atom. The van der Waals surface area contributed by atoms with Gasteiger partial charge in [-0.3, -0.25) is 0 Å². The molecule has 1 fully saturated rings. The highest BCUT2D eigenvalue weighted by Gasteiger charge is 2.32. The smallest absolute Gasteiger partial charge is 0.405 e. The number of hydrogen-bond donors (Lipinski definition) is 1. The first-order chi connectivity index (χ1) is 9.96. The van der Waals surface area contributed by atoms with Crippen LogP contribution in [0.25, 0.3) is 0 Å². The molecule has 0 saturated carbocycles. The molecule has 6 heteroatoms. The van der Waals surface area contributed by atoms with E-state index < -0.39 is 6.36 Å². The molecule has 0 aromatic heterocycles. The lowest BCUT2D eigenvalue weighted by molar-refractivity contribution is -0.274. The summed E-state index contributed by atoms with van der Waals surface area (Å²) in [5, 5.41) is 3.29. The van der Waals surface area contributed by atoms with E-state index in [1.165, 1.54) is 12.1 Å². The summed E-state index contributed by atoms with van der Waals surface area (Å²) in [7, 11) is 0. The van der Waals surface area contributed by atoms with Crippen LogP contribution in [-0.2, 0) is 11.3 Å². The summed E-state index contributed by atoms with van der Waals surface area (Å²) in [5.74, 6) is 0.353. The lowest BCUT2D eigenvalue weighted by Crippen LogP contribution is -2.36. The highest BCUT2D eigenvalue weighted by molar-refractivity contribution is 5.33. The van der Waals surface area contributed by atoms with Crippen LogP contribution in [0.4, 0.5) is 13.2 Å². The first-order valence-electron chi connectivity index (χ1n) is 7.10. The largest absolute Gasteiger partial charge is 0.573 e. The lowest BCUT2D eigenvalue weighted by Gasteiger charge is -2.28. The van der Waals surface area contributed by atoms with Gasteiger partial charge in [0, 0.05) is 31.4 Å². The number of para-hydroxylation sites is 1. The topological polar surface area (TPSA) is 30.5 Å². The third kappa shape index (κ3) is 5.21. The highest BCUT2D eigenvalue weighted by atomic mass is 19.4. The molecule has 1 aliphatic heterocycles. The molecule has 0 bridgehead atoms. The lowest BCUT2D eigenvalue weighted by atomic mass is 9.93. The molecule has 1 heterocycles. The van der Waals surface area contributed by atoms with E-state index in [1.807, 2.05) is 0 Å². The van der Waals surface area contributed by atoms with Crippen molar-refractivity contribution >= 4 is 0 Å². The summed E-state index contributed by atoms with van der Waals surface area (Å²) in [4.78, 5) is 0. The van der Waals surface area contributed by atoms with Crippen LogP contribution in [0, 0.1) is 5.92 Å². The quantitative estimate of drug-likeness (QED) is 0.903. The Morgan fingerprint density at radius 2 is 1.95 bits per heavy atom. The van der Waals surface area contributed by atoms with E-state index in [0.717, 1.165) is 26.1 Å². The molecule has 118 valence electrons. The molecular formula is C15H20F3NO2. The zero-order valence-corrected chi connectivity index (χ0v) is 12.0. The Bertz CT molecular complexity index is 445. The monoisotopic (exact) mass is 303 g/mol. The molecule has 1 aromatic rings. The number of alkyl halides is 3. The van der Waals surface area contributed by atoms with Gasteiger partial charge in [-0.2, -0.15) is 0 Å². The molecule has 1 unspecified atom stereocenters. The van der Waals surface area contributed by atoms with Crippen molar-refractivity contribution in [3.05, 3.63) is 29.8 Å². The van der Waals surface area contributed by atoms with Crippen molar-refractivity contribution in [1.82, 2.24) is 5.32 Å². The third-order valence-corrected chi connectivity index (χ3v) is 3.79. The van der Waals surface area contributed by atoms with Gasteiger partial charge in [-0.05, 0) is 31.7 Å². The van der Waals surface area contributed by atoms with Gasteiger partial charge in [-0.25, -0.2) is 0 Å². The van der Waals surface area contributed by atoms with E-state index in [-0.39, 0.29) is 11.8 Å². The maximum atomic E-state index is 12.4. The van der Waals surface area contributed by atoms with Gasteiger partial charge in [-0.15, -0.1) is 13.2 Å². The minimum absolute atomic E-state index is 0.142. The number of ether oxygens (including phenoxy) is 2. The van der Waals surface area contributed by atoms with Gasteiger partial charge in [0.1, 0.15) is 5.75 Å². The number of halogens is 3. The van der Waals surface area contributed by atoms with Gasteiger partial charge in [0.05, 0.1) is 0 Å². The van der Waals surface area contributed by atoms with Crippen LogP contribution < -0.4 is 10.1 Å². The standard InChI is InChI=1S/C15H20F3NO2/c1-11(12-6-8-20-9-7-12)19-10-13-4-2-3-5-14(13)21-15(16,17)18/h2-5,11-12,19H,6-10H2,1H3. The maximum absolute atomic E-state index is 12.4. The van der Waals surface area contributed by atoms with Gasteiger partial charge < -0.3 is 14.8 Å². The van der Waals surface area contributed by atoms with Crippen LogP contribution >= 0.6 is 0 Å². The number of benzene rings is 1. The van der Waals surface area contributed by atoms with E-state index >= 15 is 0 Å². The molecule has 3 nitrogen and oxygen atoms in total. The predicted octanol–water partition coefficient (Wildman–Crippen LogP) is 3.49. The van der Waals surface area contributed by atoms with Crippen molar-refractivity contribution in [2.75, 3.05) is 13.2 Å². The van der Waals surface area contributed by atoms with Crippen LogP contribution in [0.2, 0.25) is 0 Å². The highest BCUT2D eigenvalue weighted by Crippen LogP contribution is 2.26. The average molecular weight is 303 g/mol. The second-order valence-corrected chi connectivity index (χ2v) is 5.27. The molecule has 0 amide bonds. The number of rotatable bonds is 5. The normalized spacial score (nSPS) is 18.5. The van der Waals surface area contributed by atoms with E-state index in [4.69, 9.17) is 4.74 Å². The zero-order valence-electron chi connectivity index (χ0n) is 12.0. The summed E-state index contributed by atoms with van der Waals surface area (Å²) in [6.07, 6.45) is -2.70. The van der Waals surface area contributed by atoms with E-state index in [9.17, 15) is 13.2 Å². The first kappa shape index (κ1) is 16.1. The SMILES string of the molecule is CC(NCc1ccccc1OC(F)(F)F)C1CCOCC1. The van der Waals surface area contributed by atoms with Crippen LogP contribution in [-0.4, -0.2) is 25.6 Å². The minimum atomic E-state index is -4.66. The Balaban J connectivity index is 1.93. The van der Waals surface area contributed by atoms with Crippen molar-refractivity contribution in [2.24, 2.45) is 5.92 Å². The number of nitrogens with one attached hydrogen (secondary N) is 1. The van der Waals surface area contributed by atoms with Gasteiger partial charge in [0.2, 0.25) is 0 Å². The Labute approximate surface area is 122 Å². The summed E-state index contributed by atoms with van der Waals surface area (Å²) in [6.45, 7) is 3.92. The molecule has 0 aliphatic carbocycles. The Morgan fingerprint density at radius 1 is 1.29 bits per heavy atom. The van der Waals surface area contributed by atoms with Gasteiger partial charge in [-0.1, -0.05) is 18.2 Å². The summed E-state index contributed by atoms with van der Waals surface area (Å²) >= 11 is 0. The van der Waals surface area contributed by atoms with Crippen molar-refractivity contribution in [3.8, 4) is 5.75 Å². The molecule has 1 aromatic carbocycles. The fraction of sp³-hybridized carbons (Fsp3) is 0.600.